The van der Waals surface area contributed by atoms with Crippen LogP contribution >= 0.6 is 0 Å². The van der Waals surface area contributed by atoms with Crippen molar-refractivity contribution >= 4 is 4.21 Å². The van der Waals surface area contributed by atoms with E-state index in [-0.39, 0.29) is 21.7 Å². The predicted molar refractivity (Wildman–Crippen MR) is 240 cm³/mol. The van der Waals surface area contributed by atoms with Crippen molar-refractivity contribution in [3.8, 4) is 11.1 Å². The van der Waals surface area contributed by atoms with E-state index in [0.29, 0.717) is 11.3 Å². The Bertz CT molecular complexity index is 1720. The van der Waals surface area contributed by atoms with Crippen molar-refractivity contribution in [3.63, 3.8) is 0 Å². The summed E-state index contributed by atoms with van der Waals surface area (Å²) in [6.45, 7) is 38.1. The molecule has 0 bridgehead atoms. The Balaban J connectivity index is 0.000000265. The van der Waals surface area contributed by atoms with Crippen LogP contribution in [0.4, 0.5) is 0 Å². The van der Waals surface area contributed by atoms with Crippen LogP contribution in [-0.2, 0) is 52.3 Å². The molecule has 4 aromatic carbocycles. The average Bonchev–Trinajstić information content (AvgIpc) is 3.69. The molecule has 0 N–H and O–H groups in total. The molecule has 0 saturated heterocycles. The second-order valence-electron chi connectivity index (χ2n) is 20.0. The van der Waals surface area contributed by atoms with E-state index in [0.717, 1.165) is 12.8 Å². The van der Waals surface area contributed by atoms with Crippen LogP contribution in [0.3, 0.4) is 0 Å². The van der Waals surface area contributed by atoms with Crippen LogP contribution in [0, 0.1) is 35.6 Å². The van der Waals surface area contributed by atoms with E-state index in [1.165, 1.54) is 79.9 Å². The molecule has 2 aliphatic rings. The quantitative estimate of drug-likeness (QED) is 0.148. The van der Waals surface area contributed by atoms with Crippen LogP contribution in [0.25, 0.3) is 11.1 Å². The van der Waals surface area contributed by atoms with Gasteiger partial charge in [-0.1, -0.05) is 170 Å². The molecule has 0 aliphatic heterocycles. The first-order valence-corrected chi connectivity index (χ1v) is 21.9. The molecule has 0 radical (unpaired) electrons. The zero-order valence-electron chi connectivity index (χ0n) is 37.8. The van der Waals surface area contributed by atoms with Crippen LogP contribution < -0.4 is 0 Å². The Labute approximate surface area is 354 Å². The molecule has 1 unspecified atom stereocenters. The normalized spacial score (nSPS) is 14.8. The monoisotopic (exact) mass is 810 g/mol. The van der Waals surface area contributed by atoms with Crippen LogP contribution in [0.1, 0.15) is 158 Å². The molecular weight excluding hydrogens is 740 g/mol. The molecule has 296 valence electrons. The molecule has 1 atom stereocenters. The first kappa shape index (κ1) is 48.3. The summed E-state index contributed by atoms with van der Waals surface area (Å²) in [6, 6.07) is 37.4. The number of hydrogen-bond donors (Lipinski definition) is 0. The third-order valence-electron chi connectivity index (χ3n) is 10.00. The Kier molecular flexibility index (Phi) is 17.5. The molecule has 4 aromatic rings. The van der Waals surface area contributed by atoms with Crippen molar-refractivity contribution in [2.24, 2.45) is 11.3 Å². The van der Waals surface area contributed by atoms with E-state index in [9.17, 15) is 0 Å². The van der Waals surface area contributed by atoms with Gasteiger partial charge in [-0.2, -0.15) is 113 Å². The Morgan fingerprint density at radius 1 is 0.582 bits per heavy atom. The summed E-state index contributed by atoms with van der Waals surface area (Å²) in [5.41, 5.74) is 15.3. The average molecular weight is 812 g/mol. The summed E-state index contributed by atoms with van der Waals surface area (Å²) in [5, 5.41) is 0. The van der Waals surface area contributed by atoms with E-state index in [1.807, 2.05) is 24.3 Å². The van der Waals surface area contributed by atoms with Gasteiger partial charge >= 0.3 is 28.4 Å². The van der Waals surface area contributed by atoms with Crippen molar-refractivity contribution in [2.45, 2.75) is 152 Å². The van der Waals surface area contributed by atoms with Gasteiger partial charge in [-0.05, 0) is 28.2 Å². The minimum atomic E-state index is 0.177. The Hall–Kier alpha value is -2.89. The third kappa shape index (κ3) is 14.9. The summed E-state index contributed by atoms with van der Waals surface area (Å²) in [6.07, 6.45) is 7.98. The molecule has 0 amide bonds. The maximum absolute atomic E-state index is 3.53. The van der Waals surface area contributed by atoms with Gasteiger partial charge in [0.2, 0.25) is 0 Å². The van der Waals surface area contributed by atoms with Crippen LogP contribution in [0.2, 0.25) is 0 Å². The summed E-state index contributed by atoms with van der Waals surface area (Å²) in [7, 11) is 0. The van der Waals surface area contributed by atoms with E-state index in [2.05, 4.69) is 207 Å². The second-order valence-corrected chi connectivity index (χ2v) is 20.0. The molecule has 0 nitrogen and oxygen atoms in total. The fraction of sp³-hybridized carbons (Fsp3) is 0.463. The SMILES string of the molecule is CC(C)(C)c1c[c-]c2c(c1)-c1cc(C(C)(C)C)ccc1C2.CC(C)(C)c1cc[c-]cc1.CC(C)(C)c1cc[c-]cc1.CCC1=[C-]C(C)C=C1C(C)(C)C.[CH2]=[Zr]. The van der Waals surface area contributed by atoms with Crippen molar-refractivity contribution in [3.05, 3.63) is 154 Å². The van der Waals surface area contributed by atoms with Crippen LogP contribution in [0.15, 0.2) is 96.1 Å². The van der Waals surface area contributed by atoms with Crippen molar-refractivity contribution < 1.29 is 24.2 Å². The van der Waals surface area contributed by atoms with Crippen molar-refractivity contribution in [1.82, 2.24) is 0 Å². The molecule has 55 heavy (non-hydrogen) atoms. The first-order chi connectivity index (χ1) is 25.3. The number of rotatable bonds is 1. The zero-order chi connectivity index (χ0) is 42.0. The predicted octanol–water partition coefficient (Wildman–Crippen LogP) is 14.9. The zero-order valence-corrected chi connectivity index (χ0v) is 40.2. The first-order valence-electron chi connectivity index (χ1n) is 20.1. The molecular formula is C54H72Zr-4. The van der Waals surface area contributed by atoms with Crippen LogP contribution in [-0.4, -0.2) is 4.21 Å². The van der Waals surface area contributed by atoms with Gasteiger partial charge in [-0.25, -0.2) is 5.57 Å². The molecule has 0 aromatic heterocycles. The standard InChI is InChI=1S/C21H25.C12H19.2C10H13.CH2.Zr/c1-20(2,3)16-9-7-14-11-15-8-10-17(21(4,5)6)13-19(15)18(14)12-16;1-6-10-7-9(2)8-11(10)12(3,4)5;2*1-10(2,3)9-7-5-4-6-8-9;;/h7,9-10,12-13H,11H2,1-6H3;8-9H,6H2,1-5H3;2*5-8H,1-3H3;1H2;/q4*-1;;. The van der Waals surface area contributed by atoms with Crippen molar-refractivity contribution in [2.75, 3.05) is 0 Å². The number of benzene rings is 4. The maximum atomic E-state index is 3.53. The van der Waals surface area contributed by atoms with Gasteiger partial charge in [-0.15, -0.1) is 5.56 Å². The summed E-state index contributed by atoms with van der Waals surface area (Å²) in [4.78, 5) is 0. The summed E-state index contributed by atoms with van der Waals surface area (Å²) in [5.74, 6) is 0.522. The van der Waals surface area contributed by atoms with Crippen molar-refractivity contribution in [1.29, 1.82) is 0 Å². The van der Waals surface area contributed by atoms with Gasteiger partial charge < -0.3 is 0 Å². The van der Waals surface area contributed by atoms with E-state index in [1.54, 1.807) is 0 Å². The van der Waals surface area contributed by atoms with Gasteiger partial charge in [-0.3, -0.25) is 6.08 Å². The molecule has 6 rings (SSSR count). The third-order valence-corrected chi connectivity index (χ3v) is 10.00. The second kappa shape index (κ2) is 20.0. The van der Waals surface area contributed by atoms with Gasteiger partial charge in [0.15, 0.2) is 0 Å². The van der Waals surface area contributed by atoms with Gasteiger partial charge in [0.1, 0.15) is 0 Å². The molecule has 0 fully saturated rings. The minimum absolute atomic E-state index is 0.177. The fourth-order valence-corrected chi connectivity index (χ4v) is 6.50. The van der Waals surface area contributed by atoms with E-state index >= 15 is 0 Å². The molecule has 0 saturated carbocycles. The Morgan fingerprint density at radius 2 is 1.02 bits per heavy atom. The molecule has 1 heteroatoms. The topological polar surface area (TPSA) is 0 Å². The van der Waals surface area contributed by atoms with E-state index < -0.39 is 0 Å². The molecule has 0 spiro atoms. The number of hydrogen-bond acceptors (Lipinski definition) is 0. The van der Waals surface area contributed by atoms with E-state index in [4.69, 9.17) is 0 Å². The van der Waals surface area contributed by atoms with Gasteiger partial charge in [0.05, 0.1) is 0 Å². The molecule has 2 aliphatic carbocycles. The van der Waals surface area contributed by atoms with Crippen LogP contribution in [0.5, 0.6) is 0 Å². The summed E-state index contributed by atoms with van der Waals surface area (Å²) < 4.78 is 3.34. The molecule has 0 heterocycles. The summed E-state index contributed by atoms with van der Waals surface area (Å²) >= 11 is 1.30. The number of allylic oxidation sites excluding steroid dienone is 4. The van der Waals surface area contributed by atoms with Gasteiger partial charge in [0.25, 0.3) is 0 Å². The fourth-order valence-electron chi connectivity index (χ4n) is 6.50. The number of fused-ring (bicyclic) bond motifs is 3. The Morgan fingerprint density at radius 3 is 1.38 bits per heavy atom. The van der Waals surface area contributed by atoms with Gasteiger partial charge in [0, 0.05) is 0 Å².